The summed E-state index contributed by atoms with van der Waals surface area (Å²) in [6.07, 6.45) is 3.93. The Bertz CT molecular complexity index is 959. The Morgan fingerprint density at radius 3 is 2.85 bits per heavy atom. The zero-order chi connectivity index (χ0) is 18.3. The number of carbonyl (C=O) groups is 1. The van der Waals surface area contributed by atoms with Crippen molar-refractivity contribution in [3.63, 3.8) is 0 Å². The number of amides is 1. The van der Waals surface area contributed by atoms with Crippen LogP contribution in [0.5, 0.6) is 0 Å². The number of imidazole rings is 1. The molecule has 26 heavy (non-hydrogen) atoms. The number of anilines is 1. The predicted molar refractivity (Wildman–Crippen MR) is 101 cm³/mol. The van der Waals surface area contributed by atoms with Crippen LogP contribution in [0, 0.1) is 0 Å². The molecule has 2 unspecified atom stereocenters. The summed E-state index contributed by atoms with van der Waals surface area (Å²) in [7, 11) is 0. The van der Waals surface area contributed by atoms with E-state index in [9.17, 15) is 9.90 Å². The third-order valence-corrected chi connectivity index (χ3v) is 5.53. The number of likely N-dealkylation sites (tertiary alicyclic amines) is 1. The molecule has 134 valence electrons. The van der Waals surface area contributed by atoms with Crippen molar-refractivity contribution in [3.05, 3.63) is 58.7 Å². The molecule has 1 aliphatic rings. The lowest BCUT2D eigenvalue weighted by Crippen LogP contribution is -2.38. The van der Waals surface area contributed by atoms with Gasteiger partial charge in [0.1, 0.15) is 15.9 Å². The largest absolute Gasteiger partial charge is 0.465 e. The number of carboxylic acid groups (broad SMARTS) is 1. The number of nitrogen functional groups attached to an aromatic ring is 1. The van der Waals surface area contributed by atoms with Gasteiger partial charge in [-0.15, -0.1) is 0 Å². The first-order valence-corrected chi connectivity index (χ1v) is 9.17. The SMILES string of the molecule is Nc1nccn2c(C3CCN(C(=O)O)C3Cc3ccccc3)nc(Br)c12. The van der Waals surface area contributed by atoms with Crippen LogP contribution < -0.4 is 5.73 Å². The van der Waals surface area contributed by atoms with E-state index in [2.05, 4.69) is 25.9 Å². The molecule has 1 fully saturated rings. The minimum Gasteiger partial charge on any atom is -0.465 e. The first-order valence-electron chi connectivity index (χ1n) is 8.37. The van der Waals surface area contributed by atoms with E-state index in [-0.39, 0.29) is 12.0 Å². The topological polar surface area (TPSA) is 96.8 Å². The summed E-state index contributed by atoms with van der Waals surface area (Å²) in [5.74, 6) is 1.18. The highest BCUT2D eigenvalue weighted by Crippen LogP contribution is 2.37. The van der Waals surface area contributed by atoms with Crippen LogP contribution in [-0.4, -0.2) is 43.1 Å². The van der Waals surface area contributed by atoms with Crippen LogP contribution in [0.3, 0.4) is 0 Å². The Hall–Kier alpha value is -2.61. The highest BCUT2D eigenvalue weighted by molar-refractivity contribution is 9.10. The minimum atomic E-state index is -0.894. The highest BCUT2D eigenvalue weighted by Gasteiger charge is 2.40. The number of hydrogen-bond donors (Lipinski definition) is 2. The number of nitrogens with zero attached hydrogens (tertiary/aromatic N) is 4. The monoisotopic (exact) mass is 415 g/mol. The molecule has 3 N–H and O–H groups in total. The zero-order valence-corrected chi connectivity index (χ0v) is 15.5. The molecule has 4 rings (SSSR count). The molecule has 1 amide bonds. The van der Waals surface area contributed by atoms with E-state index >= 15 is 0 Å². The van der Waals surface area contributed by atoms with Gasteiger partial charge in [0.25, 0.3) is 0 Å². The maximum Gasteiger partial charge on any atom is 0.407 e. The van der Waals surface area contributed by atoms with E-state index in [0.29, 0.717) is 23.4 Å². The molecule has 2 atom stereocenters. The first-order chi connectivity index (χ1) is 12.6. The summed E-state index contributed by atoms with van der Waals surface area (Å²) in [5, 5.41) is 9.65. The molecule has 0 saturated carbocycles. The van der Waals surface area contributed by atoms with Crippen molar-refractivity contribution >= 4 is 33.4 Å². The second-order valence-electron chi connectivity index (χ2n) is 6.42. The maximum absolute atomic E-state index is 11.8. The standard InChI is InChI=1S/C18H18BrN5O2/c19-15-14-16(20)21-7-9-24(14)17(22-15)12-6-8-23(18(25)26)13(12)10-11-4-2-1-3-5-11/h1-5,7,9,12-13H,6,8,10H2,(H2,20,21)(H,25,26). The molecule has 1 aromatic carbocycles. The number of rotatable bonds is 3. The lowest BCUT2D eigenvalue weighted by atomic mass is 9.93. The van der Waals surface area contributed by atoms with Gasteiger partial charge in [0, 0.05) is 30.9 Å². The highest BCUT2D eigenvalue weighted by atomic mass is 79.9. The zero-order valence-electron chi connectivity index (χ0n) is 13.9. The van der Waals surface area contributed by atoms with Crippen molar-refractivity contribution in [2.75, 3.05) is 12.3 Å². The second kappa shape index (κ2) is 6.60. The number of halogens is 1. The van der Waals surface area contributed by atoms with Gasteiger partial charge in [-0.3, -0.25) is 4.40 Å². The quantitative estimate of drug-likeness (QED) is 0.684. The molecule has 3 aromatic rings. The molecule has 0 radical (unpaired) electrons. The first kappa shape index (κ1) is 16.8. The Morgan fingerprint density at radius 2 is 2.12 bits per heavy atom. The average molecular weight is 416 g/mol. The summed E-state index contributed by atoms with van der Waals surface area (Å²) < 4.78 is 2.55. The van der Waals surface area contributed by atoms with Gasteiger partial charge in [0.15, 0.2) is 5.82 Å². The van der Waals surface area contributed by atoms with Gasteiger partial charge < -0.3 is 15.7 Å². The Kier molecular flexibility index (Phi) is 4.28. The number of hydrogen-bond acceptors (Lipinski definition) is 4. The van der Waals surface area contributed by atoms with Crippen molar-refractivity contribution in [1.29, 1.82) is 0 Å². The maximum atomic E-state index is 11.8. The molecule has 1 aliphatic heterocycles. The number of aromatic nitrogens is 3. The van der Waals surface area contributed by atoms with Gasteiger partial charge in [-0.1, -0.05) is 30.3 Å². The van der Waals surface area contributed by atoms with Crippen LogP contribution in [0.4, 0.5) is 10.6 Å². The number of benzene rings is 1. The summed E-state index contributed by atoms with van der Waals surface area (Å²) in [6.45, 7) is 0.491. The van der Waals surface area contributed by atoms with Crippen molar-refractivity contribution in [3.8, 4) is 0 Å². The molecule has 0 spiro atoms. The smallest absolute Gasteiger partial charge is 0.407 e. The Labute approximate surface area is 158 Å². The number of nitrogens with two attached hydrogens (primary N) is 1. The van der Waals surface area contributed by atoms with Gasteiger partial charge in [-0.2, -0.15) is 0 Å². The van der Waals surface area contributed by atoms with E-state index < -0.39 is 6.09 Å². The van der Waals surface area contributed by atoms with Crippen molar-refractivity contribution in [2.45, 2.75) is 24.8 Å². The lowest BCUT2D eigenvalue weighted by molar-refractivity contribution is 0.138. The third kappa shape index (κ3) is 2.80. The average Bonchev–Trinajstić information content (AvgIpc) is 3.18. The van der Waals surface area contributed by atoms with E-state index in [4.69, 9.17) is 5.73 Å². The summed E-state index contributed by atoms with van der Waals surface area (Å²) in [6, 6.07) is 9.77. The lowest BCUT2D eigenvalue weighted by Gasteiger charge is -2.25. The van der Waals surface area contributed by atoms with Crippen LogP contribution in [0.1, 0.15) is 23.7 Å². The molecular formula is C18H18BrN5O2. The predicted octanol–water partition coefficient (Wildman–Crippen LogP) is 3.15. The fraction of sp³-hybridized carbons (Fsp3) is 0.278. The van der Waals surface area contributed by atoms with Crippen molar-refractivity contribution in [1.82, 2.24) is 19.3 Å². The summed E-state index contributed by atoms with van der Waals surface area (Å²) in [4.78, 5) is 22.1. The van der Waals surface area contributed by atoms with E-state index in [1.165, 1.54) is 4.90 Å². The summed E-state index contributed by atoms with van der Waals surface area (Å²) >= 11 is 3.46. The van der Waals surface area contributed by atoms with Gasteiger partial charge >= 0.3 is 6.09 Å². The molecule has 0 aliphatic carbocycles. The van der Waals surface area contributed by atoms with Crippen LogP contribution in [-0.2, 0) is 6.42 Å². The minimum absolute atomic E-state index is 0.0214. The third-order valence-electron chi connectivity index (χ3n) is 4.98. The second-order valence-corrected chi connectivity index (χ2v) is 7.17. The molecular weight excluding hydrogens is 398 g/mol. The molecule has 1 saturated heterocycles. The van der Waals surface area contributed by atoms with E-state index in [1.54, 1.807) is 6.20 Å². The Morgan fingerprint density at radius 1 is 1.35 bits per heavy atom. The number of fused-ring (bicyclic) bond motifs is 1. The normalized spacial score (nSPS) is 20.0. The molecule has 0 bridgehead atoms. The Balaban J connectivity index is 1.77. The van der Waals surface area contributed by atoms with Gasteiger partial charge in [-0.05, 0) is 34.3 Å². The molecule has 2 aromatic heterocycles. The van der Waals surface area contributed by atoms with Crippen LogP contribution >= 0.6 is 15.9 Å². The van der Waals surface area contributed by atoms with Crippen LogP contribution in [0.25, 0.3) is 5.52 Å². The molecule has 3 heterocycles. The van der Waals surface area contributed by atoms with Crippen LogP contribution in [0.15, 0.2) is 47.3 Å². The van der Waals surface area contributed by atoms with Crippen LogP contribution in [0.2, 0.25) is 0 Å². The van der Waals surface area contributed by atoms with Crippen molar-refractivity contribution in [2.24, 2.45) is 0 Å². The van der Waals surface area contributed by atoms with Crippen molar-refractivity contribution < 1.29 is 9.90 Å². The fourth-order valence-electron chi connectivity index (χ4n) is 3.80. The summed E-state index contributed by atoms with van der Waals surface area (Å²) in [5.41, 5.74) is 7.82. The van der Waals surface area contributed by atoms with Gasteiger partial charge in [-0.25, -0.2) is 14.8 Å². The van der Waals surface area contributed by atoms with Gasteiger partial charge in [0.2, 0.25) is 0 Å². The van der Waals surface area contributed by atoms with Gasteiger partial charge in [0.05, 0.1) is 0 Å². The molecule has 7 nitrogen and oxygen atoms in total. The van der Waals surface area contributed by atoms with E-state index in [0.717, 1.165) is 23.3 Å². The molecule has 8 heteroatoms. The fourth-order valence-corrected chi connectivity index (χ4v) is 4.38. The van der Waals surface area contributed by atoms with E-state index in [1.807, 2.05) is 40.9 Å².